The van der Waals surface area contributed by atoms with Crippen LogP contribution >= 0.6 is 0 Å². The van der Waals surface area contributed by atoms with Crippen LogP contribution in [0.2, 0.25) is 0 Å². The van der Waals surface area contributed by atoms with Gasteiger partial charge in [-0.2, -0.15) is 33.9 Å². The van der Waals surface area contributed by atoms with E-state index in [0.29, 0.717) is 0 Å². The van der Waals surface area contributed by atoms with E-state index in [-0.39, 0.29) is 38.0 Å². The Labute approximate surface area is 200 Å². The summed E-state index contributed by atoms with van der Waals surface area (Å²) in [5, 5.41) is 0. The third kappa shape index (κ3) is 42.4. The van der Waals surface area contributed by atoms with Crippen molar-refractivity contribution in [2.45, 2.75) is 96.4 Å². The van der Waals surface area contributed by atoms with Crippen LogP contribution in [0.5, 0.6) is 0 Å². The molecule has 0 radical (unpaired) electrons. The van der Waals surface area contributed by atoms with Crippen molar-refractivity contribution in [3.63, 3.8) is 0 Å². The average molecular weight is 433 g/mol. The second-order valence-corrected chi connectivity index (χ2v) is 9.70. The number of hydrogen-bond donors (Lipinski definition) is 0. The first-order valence-corrected chi connectivity index (χ1v) is 10.5. The molecular formula is C28H48Ti. The topological polar surface area (TPSA) is 0 Å². The summed E-state index contributed by atoms with van der Waals surface area (Å²) in [4.78, 5) is 0. The van der Waals surface area contributed by atoms with Crippen LogP contribution in [0.4, 0.5) is 0 Å². The monoisotopic (exact) mass is 432 g/mol. The van der Waals surface area contributed by atoms with Crippen molar-refractivity contribution >= 4 is 0 Å². The van der Waals surface area contributed by atoms with Gasteiger partial charge in [0.1, 0.15) is 0 Å². The summed E-state index contributed by atoms with van der Waals surface area (Å²) in [6.45, 7) is 27.3. The van der Waals surface area contributed by atoms with E-state index >= 15 is 0 Å². The Balaban J connectivity index is -0.000000142. The molecule has 0 saturated heterocycles. The number of rotatable bonds is 1. The van der Waals surface area contributed by atoms with Gasteiger partial charge in [-0.1, -0.05) is 96.4 Å². The van der Waals surface area contributed by atoms with Crippen LogP contribution in [-0.4, -0.2) is 0 Å². The minimum atomic E-state index is 0. The zero-order valence-electron chi connectivity index (χ0n) is 21.7. The smallest absolute Gasteiger partial charge is 0.495 e. The van der Waals surface area contributed by atoms with E-state index in [4.69, 9.17) is 0 Å². The zero-order chi connectivity index (χ0) is 22.9. The Bertz CT molecular complexity index is 454. The van der Waals surface area contributed by atoms with Crippen molar-refractivity contribution < 1.29 is 21.7 Å². The van der Waals surface area contributed by atoms with E-state index in [9.17, 15) is 0 Å². The van der Waals surface area contributed by atoms with Crippen LogP contribution in [0.15, 0.2) is 42.5 Å². The van der Waals surface area contributed by atoms with E-state index in [1.165, 1.54) is 5.56 Å². The quantitative estimate of drug-likeness (QED) is 0.306. The molecule has 0 nitrogen and oxygen atoms in total. The fraction of sp³-hybridized carbons (Fsp3) is 0.607. The van der Waals surface area contributed by atoms with Gasteiger partial charge in [-0.05, 0) is 0 Å². The molecule has 0 heterocycles. The largest absolute Gasteiger partial charge is 4.00 e. The molecule has 0 unspecified atom stereocenters. The van der Waals surface area contributed by atoms with Gasteiger partial charge < -0.3 is 18.2 Å². The van der Waals surface area contributed by atoms with Crippen molar-refractivity contribution in [3.05, 3.63) is 66.3 Å². The molecule has 29 heavy (non-hydrogen) atoms. The van der Waals surface area contributed by atoms with Crippen LogP contribution in [0.3, 0.4) is 0 Å². The van der Waals surface area contributed by atoms with Gasteiger partial charge in [0.2, 0.25) is 0 Å². The molecule has 1 aromatic rings. The van der Waals surface area contributed by atoms with Crippen molar-refractivity contribution in [1.82, 2.24) is 0 Å². The normalized spacial score (nSPS) is 11.8. The predicted molar refractivity (Wildman–Crippen MR) is 130 cm³/mol. The first-order chi connectivity index (χ1) is 12.6. The zero-order valence-corrected chi connectivity index (χ0v) is 23.3. The van der Waals surface area contributed by atoms with E-state index in [2.05, 4.69) is 112 Å². The molecule has 0 aliphatic rings. The molecule has 0 spiro atoms. The van der Waals surface area contributed by atoms with E-state index in [1.54, 1.807) is 0 Å². The van der Waals surface area contributed by atoms with Gasteiger partial charge in [0.05, 0.1) is 0 Å². The molecule has 0 aliphatic heterocycles. The molecule has 1 heteroatoms. The molecule has 0 N–H and O–H groups in total. The molecule has 0 saturated carbocycles. The molecule has 0 fully saturated rings. The van der Waals surface area contributed by atoms with Gasteiger partial charge in [-0.25, -0.2) is 12.1 Å². The summed E-state index contributed by atoms with van der Waals surface area (Å²) >= 11 is 0. The van der Waals surface area contributed by atoms with Gasteiger partial charge >= 0.3 is 21.7 Å². The summed E-state index contributed by atoms with van der Waals surface area (Å²) in [6, 6.07) is 8.41. The summed E-state index contributed by atoms with van der Waals surface area (Å²) in [6.07, 6.45) is 16.5. The Kier molecular flexibility index (Phi) is 23.7. The van der Waals surface area contributed by atoms with Gasteiger partial charge in [0, 0.05) is 0 Å². The molecule has 164 valence electrons. The van der Waals surface area contributed by atoms with E-state index in [1.807, 2.05) is 39.0 Å². The third-order valence-electron chi connectivity index (χ3n) is 2.87. The van der Waals surface area contributed by atoms with Crippen molar-refractivity contribution in [3.8, 4) is 0 Å². The van der Waals surface area contributed by atoms with Gasteiger partial charge in [-0.15, -0.1) is 0 Å². The predicted octanol–water partition coefficient (Wildman–Crippen LogP) is 9.20. The Morgan fingerprint density at radius 3 is 0.931 bits per heavy atom. The molecule has 0 aromatic heterocycles. The number of hydrogen-bond acceptors (Lipinski definition) is 0. The van der Waals surface area contributed by atoms with Gasteiger partial charge in [-0.3, -0.25) is 18.2 Å². The maximum absolute atomic E-state index is 3.16. The van der Waals surface area contributed by atoms with Gasteiger partial charge in [0.25, 0.3) is 0 Å². The van der Waals surface area contributed by atoms with Crippen LogP contribution in [0, 0.1) is 34.5 Å². The van der Waals surface area contributed by atoms with Crippen molar-refractivity contribution in [1.29, 1.82) is 0 Å². The summed E-state index contributed by atoms with van der Waals surface area (Å²) in [5.74, 6) is 0. The van der Waals surface area contributed by atoms with Gasteiger partial charge in [0.15, 0.2) is 0 Å². The molecular weight excluding hydrogens is 384 g/mol. The number of allylic oxidation sites excluding steroid dienone is 6. The first kappa shape index (κ1) is 35.7. The molecule has 0 bridgehead atoms. The molecule has 1 aromatic carbocycles. The summed E-state index contributed by atoms with van der Waals surface area (Å²) in [7, 11) is 0. The van der Waals surface area contributed by atoms with Crippen LogP contribution in [0.1, 0.15) is 95.6 Å². The van der Waals surface area contributed by atoms with Crippen molar-refractivity contribution in [2.24, 2.45) is 16.2 Å². The van der Waals surface area contributed by atoms with Crippen LogP contribution in [0.25, 0.3) is 0 Å². The third-order valence-corrected chi connectivity index (χ3v) is 2.87. The fourth-order valence-electron chi connectivity index (χ4n) is 1.95. The summed E-state index contributed by atoms with van der Waals surface area (Å²) in [5.41, 5.74) is 2.16. The summed E-state index contributed by atoms with van der Waals surface area (Å²) < 4.78 is 0. The van der Waals surface area contributed by atoms with E-state index in [0.717, 1.165) is 6.42 Å². The fourth-order valence-corrected chi connectivity index (χ4v) is 1.95. The maximum atomic E-state index is 3.16. The van der Waals surface area contributed by atoms with E-state index < -0.39 is 0 Å². The first-order valence-electron chi connectivity index (χ1n) is 10.5. The Morgan fingerprint density at radius 1 is 0.621 bits per heavy atom. The standard InChI is InChI=1S/C7H9.3C7H13.Ti/c1-2-7-5-3-4-6-7;3*1-5-6-7(2,3)4;/h3-6H,2H2,1H3;3*5H,1-4H3;/q4*-1;+4. The second-order valence-electron chi connectivity index (χ2n) is 9.70. The average Bonchev–Trinajstić information content (AvgIpc) is 2.98. The molecule has 1 rings (SSSR count). The Morgan fingerprint density at radius 2 is 0.862 bits per heavy atom. The SMILES string of the molecule is CC=[C-]C(C)(C)C.CC=[C-]C(C)(C)C.CC=[C-]C(C)(C)C.CC[c-]1cccc1.[Ti+4]. The second kappa shape index (κ2) is 19.3. The minimum absolute atomic E-state index is 0. The van der Waals surface area contributed by atoms with Crippen LogP contribution < -0.4 is 0 Å². The molecule has 0 atom stereocenters. The maximum Gasteiger partial charge on any atom is 4.00 e. The number of aryl methyl sites for hydroxylation is 1. The van der Waals surface area contributed by atoms with Crippen molar-refractivity contribution in [2.75, 3.05) is 0 Å². The minimum Gasteiger partial charge on any atom is -0.495 e. The molecule has 0 aliphatic carbocycles. The molecule has 0 amide bonds. The van der Waals surface area contributed by atoms with Crippen LogP contribution in [-0.2, 0) is 28.1 Å². The Hall–Kier alpha value is -0.716.